The number of hydrogen-bond acceptors (Lipinski definition) is 2. The van der Waals surface area contributed by atoms with E-state index >= 15 is 0 Å². The summed E-state index contributed by atoms with van der Waals surface area (Å²) in [5.74, 6) is 0. The summed E-state index contributed by atoms with van der Waals surface area (Å²) in [5.41, 5.74) is 1.79. The molecule has 0 saturated heterocycles. The van der Waals surface area contributed by atoms with Gasteiger partial charge in [-0.05, 0) is 0 Å². The van der Waals surface area contributed by atoms with E-state index in [2.05, 4.69) is 0 Å². The molecule has 112 valence electrons. The zero-order chi connectivity index (χ0) is 14.9. The van der Waals surface area contributed by atoms with Crippen molar-refractivity contribution in [1.29, 1.82) is 0 Å². The Bertz CT molecular complexity index is 669. The summed E-state index contributed by atoms with van der Waals surface area (Å²) in [6.07, 6.45) is 3.62. The van der Waals surface area contributed by atoms with Crippen molar-refractivity contribution in [1.82, 2.24) is 0 Å². The minimum Gasteiger partial charge on any atom is -0.258 e. The first-order chi connectivity index (χ1) is 10.3. The fourth-order valence-corrected chi connectivity index (χ4v) is 1.80. The van der Waals surface area contributed by atoms with Crippen LogP contribution in [0.15, 0.2) is 78.9 Å². The van der Waals surface area contributed by atoms with E-state index < -0.39 is 0 Å². The maximum Gasteiger partial charge on any atom is 2.00 e. The van der Waals surface area contributed by atoms with Crippen LogP contribution in [-0.4, -0.2) is 4.92 Å². The third kappa shape index (κ3) is 5.52. The molecule has 3 aromatic rings. The van der Waals surface area contributed by atoms with Crippen molar-refractivity contribution in [2.75, 3.05) is 0 Å². The summed E-state index contributed by atoms with van der Waals surface area (Å²) < 4.78 is 0. The van der Waals surface area contributed by atoms with Crippen LogP contribution in [0.1, 0.15) is 11.1 Å². The SMILES string of the molecule is O=[N+]([O-])c1ccccc1/C=C/[c-]1cccc1.[Fe+2].c1cc[cH-]c1. The van der Waals surface area contributed by atoms with E-state index in [0.29, 0.717) is 5.56 Å². The fourth-order valence-electron chi connectivity index (χ4n) is 1.80. The van der Waals surface area contributed by atoms with Crippen LogP contribution in [0.4, 0.5) is 5.69 Å². The third-order valence-electron chi connectivity index (χ3n) is 2.83. The van der Waals surface area contributed by atoms with Gasteiger partial charge in [-0.2, -0.15) is 30.3 Å². The molecule has 0 N–H and O–H groups in total. The first kappa shape index (κ1) is 17.6. The van der Waals surface area contributed by atoms with Gasteiger partial charge in [0.15, 0.2) is 0 Å². The van der Waals surface area contributed by atoms with Gasteiger partial charge < -0.3 is 0 Å². The van der Waals surface area contributed by atoms with Crippen LogP contribution in [-0.2, 0) is 17.1 Å². The van der Waals surface area contributed by atoms with Gasteiger partial charge >= 0.3 is 17.1 Å². The van der Waals surface area contributed by atoms with Crippen molar-refractivity contribution in [3.8, 4) is 0 Å². The van der Waals surface area contributed by atoms with Gasteiger partial charge in [-0.25, -0.2) is 12.1 Å². The molecule has 3 rings (SSSR count). The number of nitro groups is 1. The molecule has 0 heterocycles. The van der Waals surface area contributed by atoms with Crippen LogP contribution in [0.25, 0.3) is 12.2 Å². The summed E-state index contributed by atoms with van der Waals surface area (Å²) in [5, 5.41) is 10.8. The van der Waals surface area contributed by atoms with E-state index in [1.54, 1.807) is 24.3 Å². The van der Waals surface area contributed by atoms with Gasteiger partial charge in [0, 0.05) is 11.6 Å². The molecule has 4 heteroatoms. The molecule has 0 saturated carbocycles. The molecule has 0 unspecified atom stereocenters. The van der Waals surface area contributed by atoms with Gasteiger partial charge in [-0.15, -0.1) is 29.8 Å². The zero-order valence-electron chi connectivity index (χ0n) is 11.8. The molecule has 0 spiro atoms. The molecule has 22 heavy (non-hydrogen) atoms. The molecule has 0 radical (unpaired) electrons. The van der Waals surface area contributed by atoms with Crippen LogP contribution in [0, 0.1) is 10.1 Å². The Hall–Kier alpha value is -2.42. The molecule has 0 aromatic heterocycles. The predicted molar refractivity (Wildman–Crippen MR) is 86.1 cm³/mol. The minimum atomic E-state index is -0.370. The number of nitro benzene ring substituents is 1. The Balaban J connectivity index is 0.000000344. The van der Waals surface area contributed by atoms with Crippen molar-refractivity contribution >= 4 is 17.8 Å². The summed E-state index contributed by atoms with van der Waals surface area (Å²) in [7, 11) is 0. The molecule has 3 aromatic carbocycles. The number of nitrogens with zero attached hydrogens (tertiary/aromatic N) is 1. The van der Waals surface area contributed by atoms with Gasteiger partial charge in [-0.1, -0.05) is 18.2 Å². The maximum atomic E-state index is 10.8. The van der Waals surface area contributed by atoms with Crippen molar-refractivity contribution in [2.45, 2.75) is 0 Å². The topological polar surface area (TPSA) is 43.1 Å². The van der Waals surface area contributed by atoms with E-state index in [1.807, 2.05) is 60.7 Å². The monoisotopic (exact) mass is 333 g/mol. The average Bonchev–Trinajstić information content (AvgIpc) is 3.21. The first-order valence-corrected chi connectivity index (χ1v) is 6.57. The second-order valence-corrected chi connectivity index (χ2v) is 4.33. The van der Waals surface area contributed by atoms with Crippen LogP contribution >= 0.6 is 0 Å². The molecule has 0 atom stereocenters. The smallest absolute Gasteiger partial charge is 0.258 e. The Labute approximate surface area is 140 Å². The largest absolute Gasteiger partial charge is 2.00 e. The Morgan fingerprint density at radius 2 is 1.64 bits per heavy atom. The predicted octanol–water partition coefficient (Wildman–Crippen LogP) is 4.89. The Morgan fingerprint density at radius 1 is 1.00 bits per heavy atom. The quantitative estimate of drug-likeness (QED) is 0.296. The Morgan fingerprint density at radius 3 is 2.18 bits per heavy atom. The van der Waals surface area contributed by atoms with E-state index in [9.17, 15) is 10.1 Å². The van der Waals surface area contributed by atoms with Crippen molar-refractivity contribution in [3.63, 3.8) is 0 Å². The van der Waals surface area contributed by atoms with Crippen molar-refractivity contribution in [3.05, 3.63) is 100 Å². The van der Waals surface area contributed by atoms with Gasteiger partial charge in [0.25, 0.3) is 5.69 Å². The average molecular weight is 333 g/mol. The number of rotatable bonds is 3. The second kappa shape index (κ2) is 9.50. The molecule has 0 amide bonds. The van der Waals surface area contributed by atoms with E-state index in [0.717, 1.165) is 5.56 Å². The molecular formula is C18H15FeNO2. The van der Waals surface area contributed by atoms with Gasteiger partial charge in [-0.3, -0.25) is 10.1 Å². The van der Waals surface area contributed by atoms with Crippen LogP contribution in [0.5, 0.6) is 0 Å². The van der Waals surface area contributed by atoms with Crippen LogP contribution < -0.4 is 0 Å². The van der Waals surface area contributed by atoms with Gasteiger partial charge in [0.1, 0.15) is 0 Å². The summed E-state index contributed by atoms with van der Waals surface area (Å²) in [6, 6.07) is 24.5. The molecule has 0 aliphatic heterocycles. The molecule has 0 fully saturated rings. The normalized spacial score (nSPS) is 9.64. The summed E-state index contributed by atoms with van der Waals surface area (Å²) >= 11 is 0. The number of benzene rings is 1. The van der Waals surface area contributed by atoms with Crippen LogP contribution in [0.2, 0.25) is 0 Å². The second-order valence-electron chi connectivity index (χ2n) is 4.33. The number of para-hydroxylation sites is 1. The molecule has 0 bridgehead atoms. The Kier molecular flexibility index (Phi) is 7.62. The van der Waals surface area contributed by atoms with E-state index in [-0.39, 0.29) is 27.7 Å². The summed E-state index contributed by atoms with van der Waals surface area (Å²) in [4.78, 5) is 10.4. The first-order valence-electron chi connectivity index (χ1n) is 6.57. The van der Waals surface area contributed by atoms with Crippen molar-refractivity contribution in [2.24, 2.45) is 0 Å². The molecule has 0 aliphatic rings. The minimum absolute atomic E-state index is 0. The van der Waals surface area contributed by atoms with Gasteiger partial charge in [0.2, 0.25) is 0 Å². The van der Waals surface area contributed by atoms with E-state index in [4.69, 9.17) is 0 Å². The third-order valence-corrected chi connectivity index (χ3v) is 2.83. The van der Waals surface area contributed by atoms with Crippen LogP contribution in [0.3, 0.4) is 0 Å². The van der Waals surface area contributed by atoms with Gasteiger partial charge in [0.05, 0.1) is 4.92 Å². The van der Waals surface area contributed by atoms with Crippen molar-refractivity contribution < 1.29 is 22.0 Å². The molecule has 3 nitrogen and oxygen atoms in total. The number of hydrogen-bond donors (Lipinski definition) is 0. The molecule has 0 aliphatic carbocycles. The maximum absolute atomic E-state index is 10.8. The standard InChI is InChI=1S/C13H10NO2.C5H5.Fe/c15-14(16)13-8-4-3-7-12(13)10-9-11-5-1-2-6-11;1-2-4-5-3-1;/h1-10H;1-5H;/q2*-1;+2/b10-9+;;. The zero-order valence-corrected chi connectivity index (χ0v) is 12.9. The van der Waals surface area contributed by atoms with E-state index in [1.165, 1.54) is 6.07 Å². The fraction of sp³-hybridized carbons (Fsp3) is 0. The molecular weight excluding hydrogens is 318 g/mol. The summed E-state index contributed by atoms with van der Waals surface area (Å²) in [6.45, 7) is 0.